The zero-order valence-electron chi connectivity index (χ0n) is 9.16. The van der Waals surface area contributed by atoms with Gasteiger partial charge >= 0.3 is 0 Å². The number of nitrogens with zero attached hydrogens (tertiary/aromatic N) is 1. The van der Waals surface area contributed by atoms with Crippen LogP contribution in [0.1, 0.15) is 40.0 Å². The van der Waals surface area contributed by atoms with Gasteiger partial charge < -0.3 is 0 Å². The second-order valence-corrected chi connectivity index (χ2v) is 5.62. The first-order valence-electron chi connectivity index (χ1n) is 5.27. The molecule has 2 unspecified atom stereocenters. The van der Waals surface area contributed by atoms with Crippen molar-refractivity contribution in [3.05, 3.63) is 0 Å². The van der Waals surface area contributed by atoms with Crippen LogP contribution in [0.4, 0.5) is 0 Å². The number of hydrogen-bond acceptors (Lipinski definition) is 2. The van der Waals surface area contributed by atoms with Crippen molar-refractivity contribution in [2.75, 3.05) is 6.54 Å². The molecule has 0 radical (unpaired) electrons. The monoisotopic (exact) mass is 220 g/mol. The van der Waals surface area contributed by atoms with Gasteiger partial charge in [0.2, 0.25) is 0 Å². The first kappa shape index (κ1) is 11.9. The molecular weight excluding hydrogens is 200 g/mol. The summed E-state index contributed by atoms with van der Waals surface area (Å²) in [6.45, 7) is 6.21. The Bertz CT molecular complexity index is 267. The third-order valence-corrected chi connectivity index (χ3v) is 4.65. The lowest BCUT2D eigenvalue weighted by molar-refractivity contribution is 0.202. The molecule has 1 saturated heterocycles. The fourth-order valence-corrected chi connectivity index (χ4v) is 3.80. The summed E-state index contributed by atoms with van der Waals surface area (Å²) in [5.41, 5.74) is 0. The lowest BCUT2D eigenvalue weighted by atomic mass is 10.0. The molecular formula is C9H20N2O2S. The van der Waals surface area contributed by atoms with Crippen LogP contribution in [0.15, 0.2) is 0 Å². The van der Waals surface area contributed by atoms with Gasteiger partial charge in [0.1, 0.15) is 0 Å². The van der Waals surface area contributed by atoms with Crippen molar-refractivity contribution in [3.8, 4) is 0 Å². The van der Waals surface area contributed by atoms with Crippen molar-refractivity contribution < 1.29 is 8.42 Å². The highest BCUT2D eigenvalue weighted by molar-refractivity contribution is 7.87. The lowest BCUT2D eigenvalue weighted by Gasteiger charge is -2.37. The molecule has 0 aliphatic carbocycles. The van der Waals surface area contributed by atoms with Crippen molar-refractivity contribution in [1.29, 1.82) is 0 Å². The fourth-order valence-electron chi connectivity index (χ4n) is 2.13. The Balaban J connectivity index is 2.82. The summed E-state index contributed by atoms with van der Waals surface area (Å²) in [5, 5.41) is 0. The lowest BCUT2D eigenvalue weighted by Crippen LogP contribution is -2.51. The van der Waals surface area contributed by atoms with E-state index in [4.69, 9.17) is 0 Å². The van der Waals surface area contributed by atoms with Crippen LogP contribution in [-0.4, -0.2) is 31.4 Å². The third-order valence-electron chi connectivity index (χ3n) is 2.72. The Morgan fingerprint density at radius 3 is 2.21 bits per heavy atom. The zero-order chi connectivity index (χ0) is 10.8. The van der Waals surface area contributed by atoms with E-state index in [-0.39, 0.29) is 12.1 Å². The van der Waals surface area contributed by atoms with E-state index in [9.17, 15) is 8.42 Å². The average Bonchev–Trinajstić information content (AvgIpc) is 2.02. The van der Waals surface area contributed by atoms with E-state index in [0.29, 0.717) is 6.54 Å². The molecule has 1 heterocycles. The van der Waals surface area contributed by atoms with E-state index in [2.05, 4.69) is 4.72 Å². The maximum atomic E-state index is 11.8. The summed E-state index contributed by atoms with van der Waals surface area (Å²) in [6, 6.07) is 0.255. The van der Waals surface area contributed by atoms with Crippen LogP contribution in [-0.2, 0) is 10.2 Å². The number of nitrogens with one attached hydrogen (secondary N) is 1. The molecule has 2 atom stereocenters. The quantitative estimate of drug-likeness (QED) is 0.774. The van der Waals surface area contributed by atoms with Gasteiger partial charge in [0.15, 0.2) is 0 Å². The van der Waals surface area contributed by atoms with E-state index < -0.39 is 10.2 Å². The van der Waals surface area contributed by atoms with E-state index >= 15 is 0 Å². The molecule has 14 heavy (non-hydrogen) atoms. The highest BCUT2D eigenvalue weighted by Crippen LogP contribution is 2.24. The van der Waals surface area contributed by atoms with E-state index in [1.807, 2.05) is 13.8 Å². The molecule has 1 rings (SSSR count). The molecule has 4 nitrogen and oxygen atoms in total. The molecule has 1 aliphatic rings. The molecule has 1 aliphatic heterocycles. The Kier molecular flexibility index (Phi) is 3.92. The Hall–Kier alpha value is -0.130. The molecule has 1 N–H and O–H groups in total. The van der Waals surface area contributed by atoms with Crippen molar-refractivity contribution in [2.24, 2.45) is 0 Å². The van der Waals surface area contributed by atoms with Gasteiger partial charge in [-0.05, 0) is 26.7 Å². The SMILES string of the molecule is CCNS(=O)(=O)N1C(C)CCCC1C. The number of piperidine rings is 1. The highest BCUT2D eigenvalue weighted by Gasteiger charge is 2.33. The molecule has 0 saturated carbocycles. The van der Waals surface area contributed by atoms with Crippen LogP contribution in [0.5, 0.6) is 0 Å². The molecule has 0 aromatic heterocycles. The van der Waals surface area contributed by atoms with Crippen LogP contribution in [0.2, 0.25) is 0 Å². The first-order chi connectivity index (χ1) is 6.49. The standard InChI is InChI=1S/C9H20N2O2S/c1-4-10-14(12,13)11-8(2)6-5-7-9(11)3/h8-10H,4-7H2,1-3H3. The molecule has 0 spiro atoms. The van der Waals surface area contributed by atoms with Crippen LogP contribution < -0.4 is 4.72 Å². The summed E-state index contributed by atoms with van der Waals surface area (Å²) >= 11 is 0. The minimum Gasteiger partial charge on any atom is -0.202 e. The summed E-state index contributed by atoms with van der Waals surface area (Å²) in [6.07, 6.45) is 3.06. The smallest absolute Gasteiger partial charge is 0.202 e. The molecule has 0 aromatic carbocycles. The second kappa shape index (κ2) is 4.59. The number of hydrogen-bond donors (Lipinski definition) is 1. The Labute approximate surface area is 86.9 Å². The second-order valence-electron chi connectivity index (χ2n) is 3.96. The van der Waals surface area contributed by atoms with Crippen LogP contribution in [0, 0.1) is 0 Å². The van der Waals surface area contributed by atoms with Gasteiger partial charge in [0.05, 0.1) is 0 Å². The zero-order valence-corrected chi connectivity index (χ0v) is 9.97. The van der Waals surface area contributed by atoms with Gasteiger partial charge in [-0.2, -0.15) is 12.7 Å². The van der Waals surface area contributed by atoms with Gasteiger partial charge in [0.25, 0.3) is 10.2 Å². The predicted molar refractivity (Wildman–Crippen MR) is 57.2 cm³/mol. The summed E-state index contributed by atoms with van der Waals surface area (Å²) in [7, 11) is -3.25. The maximum Gasteiger partial charge on any atom is 0.279 e. The Morgan fingerprint density at radius 1 is 1.29 bits per heavy atom. The first-order valence-corrected chi connectivity index (χ1v) is 6.71. The largest absolute Gasteiger partial charge is 0.279 e. The fraction of sp³-hybridized carbons (Fsp3) is 1.00. The normalized spacial score (nSPS) is 30.5. The van der Waals surface area contributed by atoms with Crippen molar-refractivity contribution >= 4 is 10.2 Å². The van der Waals surface area contributed by atoms with Crippen molar-refractivity contribution in [3.63, 3.8) is 0 Å². The molecule has 0 bridgehead atoms. The summed E-state index contributed by atoms with van der Waals surface area (Å²) in [5.74, 6) is 0. The molecule has 0 aromatic rings. The van der Waals surface area contributed by atoms with Gasteiger partial charge in [-0.1, -0.05) is 13.3 Å². The van der Waals surface area contributed by atoms with E-state index in [0.717, 1.165) is 19.3 Å². The van der Waals surface area contributed by atoms with Crippen molar-refractivity contribution in [1.82, 2.24) is 9.03 Å². The van der Waals surface area contributed by atoms with Gasteiger partial charge in [-0.3, -0.25) is 0 Å². The average molecular weight is 220 g/mol. The molecule has 84 valence electrons. The number of rotatable bonds is 3. The molecule has 0 amide bonds. The highest BCUT2D eigenvalue weighted by atomic mass is 32.2. The molecule has 5 heteroatoms. The van der Waals surface area contributed by atoms with Crippen LogP contribution in [0.3, 0.4) is 0 Å². The summed E-state index contributed by atoms with van der Waals surface area (Å²) in [4.78, 5) is 0. The van der Waals surface area contributed by atoms with Crippen molar-refractivity contribution in [2.45, 2.75) is 52.1 Å². The predicted octanol–water partition coefficient (Wildman–Crippen LogP) is 1.10. The topological polar surface area (TPSA) is 49.4 Å². The van der Waals surface area contributed by atoms with Gasteiger partial charge in [-0.25, -0.2) is 4.72 Å². The van der Waals surface area contributed by atoms with Gasteiger partial charge in [-0.15, -0.1) is 0 Å². The maximum absolute atomic E-state index is 11.8. The van der Waals surface area contributed by atoms with Crippen LogP contribution >= 0.6 is 0 Å². The van der Waals surface area contributed by atoms with E-state index in [1.54, 1.807) is 11.2 Å². The summed E-state index contributed by atoms with van der Waals surface area (Å²) < 4.78 is 27.8. The van der Waals surface area contributed by atoms with Gasteiger partial charge in [0, 0.05) is 18.6 Å². The minimum atomic E-state index is -3.25. The third kappa shape index (κ3) is 2.46. The van der Waals surface area contributed by atoms with E-state index in [1.165, 1.54) is 0 Å². The Morgan fingerprint density at radius 2 is 1.79 bits per heavy atom. The molecule has 1 fully saturated rings. The van der Waals surface area contributed by atoms with Crippen LogP contribution in [0.25, 0.3) is 0 Å². The minimum absolute atomic E-state index is 0.128.